The maximum absolute atomic E-state index is 14.2. The van der Waals surface area contributed by atoms with E-state index in [0.29, 0.717) is 10.9 Å². The molecule has 0 bridgehead atoms. The molecule has 0 unspecified atom stereocenters. The molecule has 1 aliphatic rings. The van der Waals surface area contributed by atoms with E-state index in [9.17, 15) is 23.2 Å². The Morgan fingerprint density at radius 2 is 2.00 bits per heavy atom. The zero-order valence-corrected chi connectivity index (χ0v) is 14.1. The first-order valence-electron chi connectivity index (χ1n) is 8.15. The molecule has 0 spiro atoms. The van der Waals surface area contributed by atoms with Crippen molar-refractivity contribution in [1.29, 1.82) is 0 Å². The molecule has 2 aromatic carbocycles. The van der Waals surface area contributed by atoms with Crippen LogP contribution in [-0.2, 0) is 11.3 Å². The normalized spacial score (nSPS) is 12.9. The number of fused-ring (bicyclic) bond motifs is 2. The number of nitrogens with zero attached hydrogens (tertiary/aromatic N) is 1. The Kier molecular flexibility index (Phi) is 4.22. The molecular weight excluding hydrogens is 374 g/mol. The summed E-state index contributed by atoms with van der Waals surface area (Å²) in [6.45, 7) is -0.818. The third-order valence-corrected chi connectivity index (χ3v) is 4.13. The summed E-state index contributed by atoms with van der Waals surface area (Å²) >= 11 is 0. The van der Waals surface area contributed by atoms with Crippen LogP contribution in [0.15, 0.2) is 35.1 Å². The lowest BCUT2D eigenvalue weighted by Crippen LogP contribution is -2.29. The van der Waals surface area contributed by atoms with Crippen molar-refractivity contribution in [2.45, 2.75) is 6.54 Å². The number of halogens is 2. The number of anilines is 1. The van der Waals surface area contributed by atoms with E-state index in [-0.39, 0.29) is 17.1 Å². The Labute approximate surface area is 155 Å². The third-order valence-electron chi connectivity index (χ3n) is 4.13. The first-order chi connectivity index (χ1) is 13.4. The van der Waals surface area contributed by atoms with Gasteiger partial charge in [0.15, 0.2) is 24.0 Å². The number of para-hydroxylation sites is 1. The zero-order chi connectivity index (χ0) is 19.8. The first-order valence-corrected chi connectivity index (χ1v) is 8.15. The number of ether oxygens (including phenoxy) is 1. The SMILES string of the molecule is O=C1COc2c(cc(CNC(=O)c3nc4ccccc4c(=O)[nH]3)c(F)c2F)N1. The predicted molar refractivity (Wildman–Crippen MR) is 94.0 cm³/mol. The minimum absolute atomic E-state index is 0.0309. The molecule has 3 aromatic rings. The van der Waals surface area contributed by atoms with E-state index < -0.39 is 47.9 Å². The van der Waals surface area contributed by atoms with Crippen molar-refractivity contribution in [3.05, 3.63) is 63.7 Å². The second-order valence-electron chi connectivity index (χ2n) is 5.99. The molecule has 0 atom stereocenters. The van der Waals surface area contributed by atoms with Gasteiger partial charge in [0.1, 0.15) is 0 Å². The summed E-state index contributed by atoms with van der Waals surface area (Å²) in [6, 6.07) is 7.63. The zero-order valence-electron chi connectivity index (χ0n) is 14.1. The van der Waals surface area contributed by atoms with E-state index in [0.717, 1.165) is 0 Å². The van der Waals surface area contributed by atoms with Crippen LogP contribution in [0.2, 0.25) is 0 Å². The largest absolute Gasteiger partial charge is 0.478 e. The molecule has 142 valence electrons. The maximum Gasteiger partial charge on any atom is 0.287 e. The van der Waals surface area contributed by atoms with Crippen molar-refractivity contribution in [1.82, 2.24) is 15.3 Å². The van der Waals surface area contributed by atoms with Crippen molar-refractivity contribution in [2.75, 3.05) is 11.9 Å². The fraction of sp³-hybridized carbons (Fsp3) is 0.111. The molecule has 2 amide bonds. The minimum atomic E-state index is -1.26. The lowest BCUT2D eigenvalue weighted by atomic mass is 10.1. The highest BCUT2D eigenvalue weighted by molar-refractivity contribution is 5.95. The van der Waals surface area contributed by atoms with Crippen molar-refractivity contribution in [2.24, 2.45) is 0 Å². The topological polar surface area (TPSA) is 113 Å². The fourth-order valence-electron chi connectivity index (χ4n) is 2.80. The number of rotatable bonds is 3. The lowest BCUT2D eigenvalue weighted by Gasteiger charge is -2.20. The van der Waals surface area contributed by atoms with Crippen LogP contribution >= 0.6 is 0 Å². The summed E-state index contributed by atoms with van der Waals surface area (Å²) in [5, 5.41) is 5.05. The quantitative estimate of drug-likeness (QED) is 0.631. The summed E-state index contributed by atoms with van der Waals surface area (Å²) < 4.78 is 33.2. The maximum atomic E-state index is 14.2. The van der Waals surface area contributed by atoms with E-state index in [2.05, 4.69) is 20.6 Å². The molecular formula is C18H12F2N4O4. The van der Waals surface area contributed by atoms with Crippen LogP contribution in [0.4, 0.5) is 14.5 Å². The minimum Gasteiger partial charge on any atom is -0.478 e. The molecule has 3 N–H and O–H groups in total. The number of aromatic amines is 1. The van der Waals surface area contributed by atoms with Crippen LogP contribution in [0.5, 0.6) is 5.75 Å². The number of hydrogen-bond donors (Lipinski definition) is 3. The molecule has 0 aliphatic carbocycles. The smallest absolute Gasteiger partial charge is 0.287 e. The molecule has 4 rings (SSSR count). The molecule has 28 heavy (non-hydrogen) atoms. The highest BCUT2D eigenvalue weighted by atomic mass is 19.2. The molecule has 2 heterocycles. The van der Waals surface area contributed by atoms with Crippen LogP contribution in [0, 0.1) is 11.6 Å². The van der Waals surface area contributed by atoms with Gasteiger partial charge in [-0.15, -0.1) is 0 Å². The highest BCUT2D eigenvalue weighted by Crippen LogP contribution is 2.34. The predicted octanol–water partition coefficient (Wildman–Crippen LogP) is 1.46. The Morgan fingerprint density at radius 1 is 1.21 bits per heavy atom. The Morgan fingerprint density at radius 3 is 2.82 bits per heavy atom. The highest BCUT2D eigenvalue weighted by Gasteiger charge is 2.25. The number of nitrogens with one attached hydrogen (secondary N) is 3. The average Bonchev–Trinajstić information content (AvgIpc) is 2.69. The summed E-state index contributed by atoms with van der Waals surface area (Å²) in [6.07, 6.45) is 0. The van der Waals surface area contributed by atoms with Gasteiger partial charge >= 0.3 is 0 Å². The van der Waals surface area contributed by atoms with Gasteiger partial charge in [0.05, 0.1) is 16.6 Å². The summed E-state index contributed by atoms with van der Waals surface area (Å²) in [5.41, 5.74) is -0.418. The summed E-state index contributed by atoms with van der Waals surface area (Å²) in [4.78, 5) is 42.1. The molecule has 0 fully saturated rings. The van der Waals surface area contributed by atoms with Gasteiger partial charge in [-0.25, -0.2) is 9.37 Å². The van der Waals surface area contributed by atoms with E-state index in [1.807, 2.05) is 0 Å². The van der Waals surface area contributed by atoms with E-state index in [1.54, 1.807) is 24.3 Å². The standard InChI is InChI=1S/C18H12F2N4O4/c19-13-8(5-11-15(14(13)20)28-7-12(25)22-11)6-21-18(27)16-23-10-4-2-1-3-9(10)17(26)24-16/h1-5H,6-7H2,(H,21,27)(H,22,25)(H,23,24,26). The van der Waals surface area contributed by atoms with Gasteiger partial charge in [0, 0.05) is 12.1 Å². The number of benzene rings is 2. The van der Waals surface area contributed by atoms with Gasteiger partial charge in [-0.2, -0.15) is 4.39 Å². The molecule has 1 aliphatic heterocycles. The third kappa shape index (κ3) is 3.04. The van der Waals surface area contributed by atoms with Gasteiger partial charge in [-0.3, -0.25) is 14.4 Å². The monoisotopic (exact) mass is 386 g/mol. The van der Waals surface area contributed by atoms with Gasteiger partial charge in [0.25, 0.3) is 17.4 Å². The van der Waals surface area contributed by atoms with Crippen molar-refractivity contribution < 1.29 is 23.1 Å². The summed E-state index contributed by atoms with van der Waals surface area (Å²) in [7, 11) is 0. The lowest BCUT2D eigenvalue weighted by molar-refractivity contribution is -0.118. The van der Waals surface area contributed by atoms with Gasteiger partial charge in [-0.05, 0) is 18.2 Å². The fourth-order valence-corrected chi connectivity index (χ4v) is 2.80. The van der Waals surface area contributed by atoms with Crippen LogP contribution in [0.3, 0.4) is 0 Å². The molecule has 0 saturated carbocycles. The molecule has 1 aromatic heterocycles. The second kappa shape index (κ2) is 6.72. The first kappa shape index (κ1) is 17.6. The number of aromatic nitrogens is 2. The molecule has 0 saturated heterocycles. The average molecular weight is 386 g/mol. The molecule has 0 radical (unpaired) electrons. The van der Waals surface area contributed by atoms with Gasteiger partial charge in [-0.1, -0.05) is 12.1 Å². The number of carbonyl (C=O) groups excluding carboxylic acids is 2. The van der Waals surface area contributed by atoms with E-state index in [1.165, 1.54) is 6.07 Å². The number of hydrogen-bond acceptors (Lipinski definition) is 5. The van der Waals surface area contributed by atoms with E-state index in [4.69, 9.17) is 4.74 Å². The molecule has 8 nitrogen and oxygen atoms in total. The van der Waals surface area contributed by atoms with Crippen LogP contribution in [0.25, 0.3) is 10.9 Å². The van der Waals surface area contributed by atoms with Crippen LogP contribution in [0.1, 0.15) is 16.2 Å². The Balaban J connectivity index is 1.59. The van der Waals surface area contributed by atoms with Gasteiger partial charge in [0.2, 0.25) is 5.82 Å². The summed E-state index contributed by atoms with van der Waals surface area (Å²) in [5.74, 6) is -4.42. The second-order valence-corrected chi connectivity index (χ2v) is 5.99. The van der Waals surface area contributed by atoms with Crippen LogP contribution < -0.4 is 20.9 Å². The Bertz CT molecular complexity index is 1190. The van der Waals surface area contributed by atoms with Crippen molar-refractivity contribution >= 4 is 28.4 Å². The number of H-pyrrole nitrogens is 1. The Hall–Kier alpha value is -3.82. The van der Waals surface area contributed by atoms with Gasteiger partial charge < -0.3 is 20.4 Å². The number of amides is 2. The van der Waals surface area contributed by atoms with Crippen molar-refractivity contribution in [3.63, 3.8) is 0 Å². The van der Waals surface area contributed by atoms with Crippen LogP contribution in [-0.4, -0.2) is 28.4 Å². The molecule has 10 heteroatoms. The number of carbonyl (C=O) groups is 2. The van der Waals surface area contributed by atoms with E-state index >= 15 is 0 Å². The van der Waals surface area contributed by atoms with Crippen molar-refractivity contribution in [3.8, 4) is 5.75 Å².